The van der Waals surface area contributed by atoms with Crippen LogP contribution in [0.3, 0.4) is 0 Å². The summed E-state index contributed by atoms with van der Waals surface area (Å²) in [4.78, 5) is 1.40. The zero-order chi connectivity index (χ0) is 13.7. The van der Waals surface area contributed by atoms with Gasteiger partial charge in [0.05, 0.1) is 0 Å². The van der Waals surface area contributed by atoms with Crippen LogP contribution in [0.5, 0.6) is 0 Å². The minimum Gasteiger partial charge on any atom is -0.310 e. The highest BCUT2D eigenvalue weighted by molar-refractivity contribution is 7.10. The Bertz CT molecular complexity index is 521. The summed E-state index contributed by atoms with van der Waals surface area (Å²) in [6.45, 7) is 5.43. The molecule has 1 N–H and O–H groups in total. The predicted octanol–water partition coefficient (Wildman–Crippen LogP) is 4.99. The van der Waals surface area contributed by atoms with Crippen LogP contribution in [0.2, 0.25) is 5.02 Å². The minimum atomic E-state index is 0.379. The van der Waals surface area contributed by atoms with Gasteiger partial charge < -0.3 is 5.32 Å². The minimum absolute atomic E-state index is 0.379. The summed E-state index contributed by atoms with van der Waals surface area (Å²) in [5.74, 6) is 0. The van der Waals surface area contributed by atoms with E-state index >= 15 is 0 Å². The summed E-state index contributed by atoms with van der Waals surface area (Å²) in [7, 11) is 0. The van der Waals surface area contributed by atoms with E-state index in [1.165, 1.54) is 16.0 Å². The third kappa shape index (κ3) is 4.07. The Kier molecular flexibility index (Phi) is 5.44. The second-order valence-electron chi connectivity index (χ2n) is 4.77. The van der Waals surface area contributed by atoms with Crippen molar-refractivity contribution in [3.63, 3.8) is 0 Å². The first-order valence-corrected chi connectivity index (χ1v) is 7.98. The number of nitrogens with one attached hydrogen (secondary N) is 1. The van der Waals surface area contributed by atoms with E-state index in [0.717, 1.165) is 24.4 Å². The molecule has 0 saturated carbocycles. The van der Waals surface area contributed by atoms with Gasteiger partial charge in [0.15, 0.2) is 0 Å². The van der Waals surface area contributed by atoms with Gasteiger partial charge in [0, 0.05) is 15.9 Å². The topological polar surface area (TPSA) is 12.0 Å². The van der Waals surface area contributed by atoms with Crippen molar-refractivity contribution in [2.75, 3.05) is 6.54 Å². The normalized spacial score (nSPS) is 12.6. The van der Waals surface area contributed by atoms with Crippen molar-refractivity contribution >= 4 is 22.9 Å². The van der Waals surface area contributed by atoms with E-state index < -0.39 is 0 Å². The van der Waals surface area contributed by atoms with Gasteiger partial charge in [-0.05, 0) is 61.0 Å². The summed E-state index contributed by atoms with van der Waals surface area (Å²) >= 11 is 7.88. The highest BCUT2D eigenvalue weighted by Gasteiger charge is 2.14. The third-order valence-electron chi connectivity index (χ3n) is 3.24. The molecule has 0 bridgehead atoms. The summed E-state index contributed by atoms with van der Waals surface area (Å²) in [6.07, 6.45) is 2.13. The van der Waals surface area contributed by atoms with Gasteiger partial charge >= 0.3 is 0 Å². The van der Waals surface area contributed by atoms with Crippen molar-refractivity contribution in [2.45, 2.75) is 32.7 Å². The first kappa shape index (κ1) is 14.6. The zero-order valence-corrected chi connectivity index (χ0v) is 13.0. The molecule has 19 heavy (non-hydrogen) atoms. The molecular formula is C16H20ClNS. The average Bonchev–Trinajstić information content (AvgIpc) is 2.81. The first-order valence-electron chi connectivity index (χ1n) is 6.72. The molecule has 2 rings (SSSR count). The van der Waals surface area contributed by atoms with Gasteiger partial charge in [0.1, 0.15) is 0 Å². The molecule has 0 fully saturated rings. The van der Waals surface area contributed by atoms with Crippen molar-refractivity contribution in [2.24, 2.45) is 0 Å². The molecule has 102 valence electrons. The van der Waals surface area contributed by atoms with E-state index in [9.17, 15) is 0 Å². The lowest BCUT2D eigenvalue weighted by Gasteiger charge is -2.19. The molecule has 1 nitrogen and oxygen atoms in total. The molecule has 1 aromatic carbocycles. The Balaban J connectivity index is 2.16. The molecule has 0 saturated heterocycles. The van der Waals surface area contributed by atoms with Crippen LogP contribution in [0.4, 0.5) is 0 Å². The molecular weight excluding hydrogens is 274 g/mol. The smallest absolute Gasteiger partial charge is 0.0408 e. The molecule has 1 heterocycles. The van der Waals surface area contributed by atoms with Crippen LogP contribution in [-0.4, -0.2) is 6.54 Å². The maximum atomic E-state index is 6.07. The molecule has 0 amide bonds. The number of benzene rings is 1. The van der Waals surface area contributed by atoms with Crippen LogP contribution < -0.4 is 5.32 Å². The molecule has 2 aromatic rings. The Morgan fingerprint density at radius 3 is 2.79 bits per heavy atom. The summed E-state index contributed by atoms with van der Waals surface area (Å²) in [5.41, 5.74) is 2.70. The number of hydrogen-bond donors (Lipinski definition) is 1. The fourth-order valence-corrected chi connectivity index (χ4v) is 3.24. The molecule has 0 radical (unpaired) electrons. The fraction of sp³-hybridized carbons (Fsp3) is 0.375. The van der Waals surface area contributed by atoms with Gasteiger partial charge in [-0.25, -0.2) is 0 Å². The maximum absolute atomic E-state index is 6.07. The van der Waals surface area contributed by atoms with Gasteiger partial charge in [-0.1, -0.05) is 30.7 Å². The Morgan fingerprint density at radius 1 is 1.32 bits per heavy atom. The van der Waals surface area contributed by atoms with Crippen molar-refractivity contribution < 1.29 is 0 Å². The Morgan fingerprint density at radius 2 is 2.16 bits per heavy atom. The number of aryl methyl sites for hydroxylation is 1. The maximum Gasteiger partial charge on any atom is 0.0408 e. The Labute approximate surface area is 124 Å². The van der Waals surface area contributed by atoms with Crippen LogP contribution in [0, 0.1) is 6.92 Å². The van der Waals surface area contributed by atoms with Crippen molar-refractivity contribution in [3.8, 4) is 0 Å². The van der Waals surface area contributed by atoms with Crippen molar-refractivity contribution in [1.82, 2.24) is 5.32 Å². The lowest BCUT2D eigenvalue weighted by Crippen LogP contribution is -2.24. The van der Waals surface area contributed by atoms with Gasteiger partial charge in [-0.3, -0.25) is 0 Å². The number of hydrogen-bond acceptors (Lipinski definition) is 2. The van der Waals surface area contributed by atoms with E-state index in [4.69, 9.17) is 11.6 Å². The highest BCUT2D eigenvalue weighted by atomic mass is 35.5. The largest absolute Gasteiger partial charge is 0.310 e. The predicted molar refractivity (Wildman–Crippen MR) is 85.2 cm³/mol. The zero-order valence-electron chi connectivity index (χ0n) is 11.4. The summed E-state index contributed by atoms with van der Waals surface area (Å²) in [5, 5.41) is 6.63. The van der Waals surface area contributed by atoms with E-state index in [2.05, 4.69) is 42.7 Å². The van der Waals surface area contributed by atoms with E-state index in [-0.39, 0.29) is 0 Å². The van der Waals surface area contributed by atoms with Gasteiger partial charge in [-0.2, -0.15) is 0 Å². The lowest BCUT2D eigenvalue weighted by molar-refractivity contribution is 0.529. The second kappa shape index (κ2) is 7.09. The van der Waals surface area contributed by atoms with Gasteiger partial charge in [0.25, 0.3) is 0 Å². The van der Waals surface area contributed by atoms with E-state index in [1.807, 2.05) is 23.5 Å². The van der Waals surface area contributed by atoms with E-state index in [1.54, 1.807) is 0 Å². The molecule has 0 spiro atoms. The van der Waals surface area contributed by atoms with Crippen LogP contribution in [-0.2, 0) is 6.42 Å². The number of thiophene rings is 1. The molecule has 1 aromatic heterocycles. The quantitative estimate of drug-likeness (QED) is 0.791. The van der Waals surface area contributed by atoms with Crippen LogP contribution >= 0.6 is 22.9 Å². The standard InChI is InChI=1S/C16H20ClNS/c1-3-8-18-16(15-7-9-19-12(15)2)11-13-5-4-6-14(17)10-13/h4-7,9-10,16,18H,3,8,11H2,1-2H3. The average molecular weight is 294 g/mol. The molecule has 0 aliphatic heterocycles. The van der Waals surface area contributed by atoms with Gasteiger partial charge in [0.2, 0.25) is 0 Å². The molecule has 0 aliphatic carbocycles. The summed E-state index contributed by atoms with van der Waals surface area (Å²) < 4.78 is 0. The van der Waals surface area contributed by atoms with Crippen LogP contribution in [0.1, 0.15) is 35.4 Å². The van der Waals surface area contributed by atoms with Crippen LogP contribution in [0.15, 0.2) is 35.7 Å². The first-order chi connectivity index (χ1) is 9.20. The molecule has 0 aliphatic rings. The Hall–Kier alpha value is -0.830. The highest BCUT2D eigenvalue weighted by Crippen LogP contribution is 2.26. The fourth-order valence-electron chi connectivity index (χ4n) is 2.27. The van der Waals surface area contributed by atoms with Crippen LogP contribution in [0.25, 0.3) is 0 Å². The molecule has 1 unspecified atom stereocenters. The summed E-state index contributed by atoms with van der Waals surface area (Å²) in [6, 6.07) is 10.8. The monoisotopic (exact) mass is 293 g/mol. The SMILES string of the molecule is CCCNC(Cc1cccc(Cl)c1)c1ccsc1C. The van der Waals surface area contributed by atoms with Crippen molar-refractivity contribution in [1.29, 1.82) is 0 Å². The van der Waals surface area contributed by atoms with Gasteiger partial charge in [-0.15, -0.1) is 11.3 Å². The molecule has 3 heteroatoms. The number of halogens is 1. The molecule has 1 atom stereocenters. The number of rotatable bonds is 6. The van der Waals surface area contributed by atoms with Crippen molar-refractivity contribution in [3.05, 3.63) is 56.7 Å². The van der Waals surface area contributed by atoms with E-state index in [0.29, 0.717) is 6.04 Å². The third-order valence-corrected chi connectivity index (χ3v) is 4.34. The second-order valence-corrected chi connectivity index (χ2v) is 6.33. The lowest BCUT2D eigenvalue weighted by atomic mass is 9.99.